The minimum atomic E-state index is 0.127. The van der Waals surface area contributed by atoms with Crippen LogP contribution in [0.2, 0.25) is 0 Å². The van der Waals surface area contributed by atoms with Crippen LogP contribution in [0.5, 0.6) is 0 Å². The van der Waals surface area contributed by atoms with Gasteiger partial charge >= 0.3 is 0 Å². The van der Waals surface area contributed by atoms with Gasteiger partial charge in [-0.3, -0.25) is 4.79 Å². The van der Waals surface area contributed by atoms with Crippen molar-refractivity contribution < 1.29 is 4.79 Å². The minimum absolute atomic E-state index is 0.127. The van der Waals surface area contributed by atoms with Crippen LogP contribution in [0.1, 0.15) is 23.3 Å². The number of hydrogen-bond acceptors (Lipinski definition) is 3. The van der Waals surface area contributed by atoms with E-state index in [1.165, 1.54) is 4.88 Å². The number of carbonyl (C=O) groups excluding carboxylic acids is 1. The zero-order valence-electron chi connectivity index (χ0n) is 13.5. The lowest BCUT2D eigenvalue weighted by molar-refractivity contribution is -0.121. The number of carbonyl (C=O) groups is 1. The smallest absolute Gasteiger partial charge is 0.220 e. The van der Waals surface area contributed by atoms with Crippen LogP contribution in [0, 0.1) is 0 Å². The Kier molecular flexibility index (Phi) is 5.80. The Labute approximate surface area is 146 Å². The average Bonchev–Trinajstić information content (AvgIpc) is 3.28. The molecule has 4 nitrogen and oxygen atoms in total. The van der Waals surface area contributed by atoms with Gasteiger partial charge in [0.05, 0.1) is 11.9 Å². The molecule has 0 saturated carbocycles. The van der Waals surface area contributed by atoms with Gasteiger partial charge < -0.3 is 5.32 Å². The van der Waals surface area contributed by atoms with E-state index in [2.05, 4.69) is 27.9 Å². The fraction of sp³-hybridized carbons (Fsp3) is 0.263. The largest absolute Gasteiger partial charge is 0.356 e. The first-order chi connectivity index (χ1) is 11.8. The summed E-state index contributed by atoms with van der Waals surface area (Å²) in [6.07, 6.45) is 7.13. The van der Waals surface area contributed by atoms with E-state index in [4.69, 9.17) is 0 Å². The summed E-state index contributed by atoms with van der Waals surface area (Å²) in [5.41, 5.74) is 2.17. The SMILES string of the molecule is O=C(CCCc1cccs1)NCCc1cnn(-c2ccccc2)c1. The summed E-state index contributed by atoms with van der Waals surface area (Å²) in [6.45, 7) is 0.651. The summed E-state index contributed by atoms with van der Waals surface area (Å²) < 4.78 is 1.86. The molecule has 0 aliphatic rings. The van der Waals surface area contributed by atoms with Crippen LogP contribution in [0.4, 0.5) is 0 Å². The van der Waals surface area contributed by atoms with E-state index >= 15 is 0 Å². The average molecular weight is 339 g/mol. The zero-order chi connectivity index (χ0) is 16.6. The van der Waals surface area contributed by atoms with Crippen molar-refractivity contribution in [2.45, 2.75) is 25.7 Å². The maximum atomic E-state index is 11.9. The minimum Gasteiger partial charge on any atom is -0.356 e. The number of nitrogens with one attached hydrogen (secondary N) is 1. The Hall–Kier alpha value is -2.40. The molecule has 0 atom stereocenters. The second-order valence-electron chi connectivity index (χ2n) is 5.66. The first kappa shape index (κ1) is 16.5. The van der Waals surface area contributed by atoms with Gasteiger partial charge in [0.25, 0.3) is 0 Å². The van der Waals surface area contributed by atoms with Crippen molar-refractivity contribution in [1.29, 1.82) is 0 Å². The highest BCUT2D eigenvalue weighted by Crippen LogP contribution is 2.12. The van der Waals surface area contributed by atoms with Crippen LogP contribution in [0.3, 0.4) is 0 Å². The van der Waals surface area contributed by atoms with Crippen LogP contribution in [-0.2, 0) is 17.6 Å². The van der Waals surface area contributed by atoms with Crippen LogP contribution in [0.25, 0.3) is 5.69 Å². The summed E-state index contributed by atoms with van der Waals surface area (Å²) in [7, 11) is 0. The van der Waals surface area contributed by atoms with E-state index in [1.807, 2.05) is 47.4 Å². The molecule has 2 aromatic heterocycles. The molecule has 0 fully saturated rings. The van der Waals surface area contributed by atoms with Crippen LogP contribution >= 0.6 is 11.3 Å². The molecule has 0 bridgehead atoms. The summed E-state index contributed by atoms with van der Waals surface area (Å²) in [5.74, 6) is 0.127. The van der Waals surface area contributed by atoms with Gasteiger partial charge in [-0.05, 0) is 48.4 Å². The predicted octanol–water partition coefficient (Wildman–Crippen LogP) is 3.62. The molecule has 1 N–H and O–H groups in total. The van der Waals surface area contributed by atoms with Crippen LogP contribution in [0.15, 0.2) is 60.2 Å². The molecular formula is C19H21N3OS. The monoisotopic (exact) mass is 339 g/mol. The number of aryl methyl sites for hydroxylation is 1. The molecule has 0 unspecified atom stereocenters. The highest BCUT2D eigenvalue weighted by molar-refractivity contribution is 7.09. The fourth-order valence-corrected chi connectivity index (χ4v) is 3.28. The molecular weight excluding hydrogens is 318 g/mol. The van der Waals surface area contributed by atoms with Gasteiger partial charge in [0.1, 0.15) is 0 Å². The molecule has 0 spiro atoms. The number of rotatable bonds is 8. The van der Waals surface area contributed by atoms with Crippen molar-refractivity contribution in [1.82, 2.24) is 15.1 Å². The molecule has 2 heterocycles. The van der Waals surface area contributed by atoms with E-state index < -0.39 is 0 Å². The topological polar surface area (TPSA) is 46.9 Å². The second kappa shape index (κ2) is 8.45. The fourth-order valence-electron chi connectivity index (χ4n) is 2.52. The molecule has 0 radical (unpaired) electrons. The van der Waals surface area contributed by atoms with Crippen molar-refractivity contribution >= 4 is 17.2 Å². The third-order valence-corrected chi connectivity index (χ3v) is 4.74. The highest BCUT2D eigenvalue weighted by Gasteiger charge is 2.04. The molecule has 3 aromatic rings. The van der Waals surface area contributed by atoms with E-state index in [9.17, 15) is 4.79 Å². The van der Waals surface area contributed by atoms with Crippen LogP contribution < -0.4 is 5.32 Å². The molecule has 1 aromatic carbocycles. The number of nitrogens with zero attached hydrogens (tertiary/aromatic N) is 2. The first-order valence-electron chi connectivity index (χ1n) is 8.19. The van der Waals surface area contributed by atoms with Gasteiger partial charge in [0, 0.05) is 24.0 Å². The molecule has 0 aliphatic heterocycles. The molecule has 24 heavy (non-hydrogen) atoms. The van der Waals surface area contributed by atoms with Gasteiger partial charge in [-0.2, -0.15) is 5.10 Å². The standard InChI is InChI=1S/C19H21N3OS/c23-19(10-4-8-18-9-5-13-24-18)20-12-11-16-14-21-22(15-16)17-6-2-1-3-7-17/h1-3,5-7,9,13-15H,4,8,10-12H2,(H,20,23). The van der Waals surface area contributed by atoms with Gasteiger partial charge in [-0.25, -0.2) is 4.68 Å². The Bertz CT molecular complexity index is 750. The van der Waals surface area contributed by atoms with Gasteiger partial charge in [0.15, 0.2) is 0 Å². The summed E-state index contributed by atoms with van der Waals surface area (Å²) in [5, 5.41) is 9.43. The molecule has 5 heteroatoms. The van der Waals surface area contributed by atoms with E-state index in [-0.39, 0.29) is 5.91 Å². The first-order valence-corrected chi connectivity index (χ1v) is 9.07. The molecule has 3 rings (SSSR count). The van der Waals surface area contributed by atoms with Crippen molar-refractivity contribution in [3.63, 3.8) is 0 Å². The van der Waals surface area contributed by atoms with Crippen molar-refractivity contribution in [3.05, 3.63) is 70.7 Å². The number of para-hydroxylation sites is 1. The lowest BCUT2D eigenvalue weighted by Gasteiger charge is -2.04. The molecule has 124 valence electrons. The number of hydrogen-bond donors (Lipinski definition) is 1. The lowest BCUT2D eigenvalue weighted by Crippen LogP contribution is -2.25. The normalized spacial score (nSPS) is 10.7. The van der Waals surface area contributed by atoms with E-state index in [1.54, 1.807) is 11.3 Å². The molecule has 0 saturated heterocycles. The lowest BCUT2D eigenvalue weighted by atomic mass is 10.2. The van der Waals surface area contributed by atoms with Crippen molar-refractivity contribution in [2.24, 2.45) is 0 Å². The Morgan fingerprint density at radius 3 is 2.79 bits per heavy atom. The van der Waals surface area contributed by atoms with Gasteiger partial charge in [0.2, 0.25) is 5.91 Å². The summed E-state index contributed by atoms with van der Waals surface area (Å²) in [6, 6.07) is 14.2. The highest BCUT2D eigenvalue weighted by atomic mass is 32.1. The van der Waals surface area contributed by atoms with Gasteiger partial charge in [-0.1, -0.05) is 24.3 Å². The zero-order valence-corrected chi connectivity index (χ0v) is 14.3. The number of amides is 1. The maximum Gasteiger partial charge on any atom is 0.220 e. The van der Waals surface area contributed by atoms with E-state index in [0.717, 1.165) is 30.5 Å². The van der Waals surface area contributed by atoms with Crippen LogP contribution in [-0.4, -0.2) is 22.2 Å². The maximum absolute atomic E-state index is 11.9. The quantitative estimate of drug-likeness (QED) is 0.681. The van der Waals surface area contributed by atoms with Gasteiger partial charge in [-0.15, -0.1) is 11.3 Å². The number of thiophene rings is 1. The number of aromatic nitrogens is 2. The van der Waals surface area contributed by atoms with E-state index in [0.29, 0.717) is 13.0 Å². The van der Waals surface area contributed by atoms with Crippen molar-refractivity contribution in [3.8, 4) is 5.69 Å². The molecule has 1 amide bonds. The van der Waals surface area contributed by atoms with Crippen molar-refractivity contribution in [2.75, 3.05) is 6.54 Å². The molecule has 0 aliphatic carbocycles. The predicted molar refractivity (Wildman–Crippen MR) is 97.5 cm³/mol. The summed E-state index contributed by atoms with van der Waals surface area (Å²) in [4.78, 5) is 13.2. The Morgan fingerprint density at radius 2 is 2.00 bits per heavy atom. The number of benzene rings is 1. The third kappa shape index (κ3) is 4.80. The second-order valence-corrected chi connectivity index (χ2v) is 6.69. The third-order valence-electron chi connectivity index (χ3n) is 3.80. The summed E-state index contributed by atoms with van der Waals surface area (Å²) >= 11 is 1.75. The Balaban J connectivity index is 1.37. The Morgan fingerprint density at radius 1 is 1.12 bits per heavy atom.